The van der Waals surface area contributed by atoms with Crippen LogP contribution >= 0.6 is 11.8 Å². The Labute approximate surface area is 107 Å². The van der Waals surface area contributed by atoms with Crippen LogP contribution in [0.15, 0.2) is 0 Å². The molecule has 0 bridgehead atoms. The number of nitrogens with zero attached hydrogens (tertiary/aromatic N) is 2. The van der Waals surface area contributed by atoms with Gasteiger partial charge in [-0.05, 0) is 18.3 Å². The highest BCUT2D eigenvalue weighted by molar-refractivity contribution is 8.00. The van der Waals surface area contributed by atoms with Gasteiger partial charge in [0.1, 0.15) is 5.37 Å². The van der Waals surface area contributed by atoms with Gasteiger partial charge in [0.15, 0.2) is 9.84 Å². The normalized spacial score (nSPS) is 28.6. The highest BCUT2D eigenvalue weighted by Gasteiger charge is 2.46. The first kappa shape index (κ1) is 13.2. The van der Waals surface area contributed by atoms with Crippen LogP contribution in [0.25, 0.3) is 0 Å². The second kappa shape index (κ2) is 4.79. The molecule has 1 atom stereocenters. The lowest BCUT2D eigenvalue weighted by Gasteiger charge is -2.36. The highest BCUT2D eigenvalue weighted by atomic mass is 32.2. The van der Waals surface area contributed by atoms with Gasteiger partial charge in [-0.15, -0.1) is 0 Å². The zero-order chi connectivity index (χ0) is 12.5. The van der Waals surface area contributed by atoms with Crippen molar-refractivity contribution in [1.29, 1.82) is 5.26 Å². The van der Waals surface area contributed by atoms with Gasteiger partial charge in [-0.25, -0.2) is 8.42 Å². The molecule has 1 aliphatic heterocycles. The lowest BCUT2D eigenvalue weighted by atomic mass is 10.0. The lowest BCUT2D eigenvalue weighted by molar-refractivity contribution is 0.217. The third-order valence-electron chi connectivity index (χ3n) is 3.63. The van der Waals surface area contributed by atoms with E-state index in [1.165, 1.54) is 6.26 Å². The van der Waals surface area contributed by atoms with Crippen molar-refractivity contribution in [2.24, 2.45) is 5.41 Å². The Morgan fingerprint density at radius 2 is 2.24 bits per heavy atom. The number of rotatable bonds is 4. The fraction of sp³-hybridized carbons (Fsp3) is 0.909. The standard InChI is InChI=1S/C11H18N2O2S2/c1-17(14,15)10-8-16-7-6-13(10)9-11(2-3-11)4-5-12/h10H,2-4,6-9H2,1H3. The summed E-state index contributed by atoms with van der Waals surface area (Å²) in [5.74, 6) is 1.66. The Balaban J connectivity index is 2.05. The number of thioether (sulfide) groups is 1. The zero-order valence-corrected chi connectivity index (χ0v) is 11.7. The monoisotopic (exact) mass is 274 g/mol. The molecule has 17 heavy (non-hydrogen) atoms. The van der Waals surface area contributed by atoms with E-state index < -0.39 is 9.84 Å². The smallest absolute Gasteiger partial charge is 0.164 e. The van der Waals surface area contributed by atoms with Crippen LogP contribution in [0.2, 0.25) is 0 Å². The minimum absolute atomic E-state index is 0.0969. The summed E-state index contributed by atoms with van der Waals surface area (Å²) in [6, 6.07) is 2.23. The Hall–Kier alpha value is -0.250. The van der Waals surface area contributed by atoms with Crippen LogP contribution in [0.5, 0.6) is 0 Å². The molecular formula is C11H18N2O2S2. The number of sulfone groups is 1. The number of hydrogen-bond donors (Lipinski definition) is 0. The Morgan fingerprint density at radius 3 is 2.76 bits per heavy atom. The third-order valence-corrected chi connectivity index (χ3v) is 6.32. The van der Waals surface area contributed by atoms with Gasteiger partial charge in [-0.3, -0.25) is 4.90 Å². The summed E-state index contributed by atoms with van der Waals surface area (Å²) in [7, 11) is -3.01. The van der Waals surface area contributed by atoms with E-state index >= 15 is 0 Å². The van der Waals surface area contributed by atoms with Gasteiger partial charge in [0.2, 0.25) is 0 Å². The van der Waals surface area contributed by atoms with Gasteiger partial charge in [0.25, 0.3) is 0 Å². The molecule has 0 spiro atoms. The summed E-state index contributed by atoms with van der Waals surface area (Å²) in [5, 5.41) is 8.46. The molecule has 0 aromatic rings. The summed E-state index contributed by atoms with van der Waals surface area (Å²) < 4.78 is 23.5. The quantitative estimate of drug-likeness (QED) is 0.768. The summed E-state index contributed by atoms with van der Waals surface area (Å²) in [6.45, 7) is 1.61. The van der Waals surface area contributed by atoms with Crippen LogP contribution in [0.3, 0.4) is 0 Å². The van der Waals surface area contributed by atoms with Gasteiger partial charge in [-0.2, -0.15) is 17.0 Å². The maximum atomic E-state index is 11.7. The molecule has 0 amide bonds. The largest absolute Gasteiger partial charge is 0.285 e. The molecule has 1 saturated heterocycles. The fourth-order valence-corrected chi connectivity index (χ4v) is 5.30. The van der Waals surface area contributed by atoms with Gasteiger partial charge >= 0.3 is 0 Å². The molecule has 1 unspecified atom stereocenters. The van der Waals surface area contributed by atoms with Crippen molar-refractivity contribution in [1.82, 2.24) is 4.90 Å². The second-order valence-corrected chi connectivity index (χ2v) is 8.52. The summed E-state index contributed by atoms with van der Waals surface area (Å²) >= 11 is 1.71. The van der Waals surface area contributed by atoms with Crippen molar-refractivity contribution in [2.75, 3.05) is 30.9 Å². The molecular weight excluding hydrogens is 256 g/mol. The molecule has 2 fully saturated rings. The van der Waals surface area contributed by atoms with Gasteiger partial charge in [0, 0.05) is 37.3 Å². The van der Waals surface area contributed by atoms with Gasteiger partial charge in [0.05, 0.1) is 6.07 Å². The predicted molar refractivity (Wildman–Crippen MR) is 69.4 cm³/mol. The molecule has 96 valence electrons. The minimum Gasteiger partial charge on any atom is -0.285 e. The molecule has 0 aromatic carbocycles. The van der Waals surface area contributed by atoms with Gasteiger partial charge < -0.3 is 0 Å². The molecule has 2 aliphatic rings. The summed E-state index contributed by atoms with van der Waals surface area (Å²) in [5.41, 5.74) is 0.0969. The number of hydrogen-bond acceptors (Lipinski definition) is 5. The molecule has 0 N–H and O–H groups in total. The van der Waals surface area contributed by atoms with Crippen molar-refractivity contribution in [2.45, 2.75) is 24.6 Å². The summed E-state index contributed by atoms with van der Waals surface area (Å²) in [6.07, 6.45) is 4.02. The highest BCUT2D eigenvalue weighted by Crippen LogP contribution is 2.49. The first-order valence-corrected chi connectivity index (χ1v) is 8.95. The number of nitriles is 1. The molecule has 1 saturated carbocycles. The molecule has 0 aromatic heterocycles. The van der Waals surface area contributed by atoms with E-state index in [9.17, 15) is 8.42 Å². The van der Waals surface area contributed by atoms with E-state index in [2.05, 4.69) is 11.0 Å². The van der Waals surface area contributed by atoms with Crippen LogP contribution in [0.4, 0.5) is 0 Å². The average molecular weight is 274 g/mol. The van der Waals surface area contributed by atoms with Crippen LogP contribution in [-0.2, 0) is 9.84 Å². The van der Waals surface area contributed by atoms with Crippen LogP contribution in [0, 0.1) is 16.7 Å². The fourth-order valence-electron chi connectivity index (χ4n) is 2.36. The second-order valence-electron chi connectivity index (χ2n) is 5.16. The average Bonchev–Trinajstić information content (AvgIpc) is 2.97. The van der Waals surface area contributed by atoms with Crippen molar-refractivity contribution in [3.05, 3.63) is 0 Å². The van der Waals surface area contributed by atoms with E-state index in [4.69, 9.17) is 5.26 Å². The Morgan fingerprint density at radius 1 is 1.53 bits per heavy atom. The van der Waals surface area contributed by atoms with E-state index in [0.29, 0.717) is 12.2 Å². The van der Waals surface area contributed by atoms with E-state index in [1.807, 2.05) is 0 Å². The first-order valence-electron chi connectivity index (χ1n) is 5.84. The lowest BCUT2D eigenvalue weighted by Crippen LogP contribution is -2.49. The Kier molecular flexibility index (Phi) is 3.71. The van der Waals surface area contributed by atoms with Crippen LogP contribution in [0.1, 0.15) is 19.3 Å². The van der Waals surface area contributed by atoms with Crippen molar-refractivity contribution in [3.63, 3.8) is 0 Å². The SMILES string of the molecule is CS(=O)(=O)C1CSCCN1CC1(CC#N)CC1. The van der Waals surface area contributed by atoms with Crippen molar-refractivity contribution < 1.29 is 8.42 Å². The topological polar surface area (TPSA) is 61.2 Å². The molecule has 1 heterocycles. The molecule has 2 rings (SSSR count). The molecule has 0 radical (unpaired) electrons. The molecule has 6 heteroatoms. The maximum absolute atomic E-state index is 11.7. The van der Waals surface area contributed by atoms with E-state index in [1.54, 1.807) is 11.8 Å². The predicted octanol–water partition coefficient (Wildman–Crippen LogP) is 1.10. The van der Waals surface area contributed by atoms with Gasteiger partial charge in [-0.1, -0.05) is 0 Å². The van der Waals surface area contributed by atoms with E-state index in [-0.39, 0.29) is 10.8 Å². The summed E-state index contributed by atoms with van der Waals surface area (Å²) in [4.78, 5) is 2.08. The third kappa shape index (κ3) is 3.15. The van der Waals surface area contributed by atoms with E-state index in [0.717, 1.165) is 31.7 Å². The zero-order valence-electron chi connectivity index (χ0n) is 10.1. The first-order chi connectivity index (χ1) is 7.97. The van der Waals surface area contributed by atoms with Crippen LogP contribution < -0.4 is 0 Å². The molecule has 4 nitrogen and oxygen atoms in total. The van der Waals surface area contributed by atoms with Crippen molar-refractivity contribution in [3.8, 4) is 6.07 Å². The minimum atomic E-state index is -3.01. The maximum Gasteiger partial charge on any atom is 0.164 e. The van der Waals surface area contributed by atoms with Crippen molar-refractivity contribution >= 4 is 21.6 Å². The Bertz CT molecular complexity index is 423. The van der Waals surface area contributed by atoms with Crippen LogP contribution in [-0.4, -0.2) is 49.5 Å². The molecule has 1 aliphatic carbocycles.